The van der Waals surface area contributed by atoms with Crippen LogP contribution in [-0.4, -0.2) is 41.9 Å². The van der Waals surface area contributed by atoms with Crippen molar-refractivity contribution in [1.82, 2.24) is 15.5 Å². The smallest absolute Gasteiger partial charge is 0.272 e. The third-order valence-corrected chi connectivity index (χ3v) is 4.00. The van der Waals surface area contributed by atoms with Crippen LogP contribution in [0.3, 0.4) is 0 Å². The highest BCUT2D eigenvalue weighted by molar-refractivity contribution is 5.92. The van der Waals surface area contributed by atoms with Crippen molar-refractivity contribution < 1.29 is 9.53 Å². The monoisotopic (exact) mass is 278 g/mol. The van der Waals surface area contributed by atoms with Gasteiger partial charge >= 0.3 is 0 Å². The summed E-state index contributed by atoms with van der Waals surface area (Å²) in [5.41, 5.74) is 0.281. The summed E-state index contributed by atoms with van der Waals surface area (Å²) in [6.07, 6.45) is 1.05. The summed E-state index contributed by atoms with van der Waals surface area (Å²) >= 11 is 0. The summed E-state index contributed by atoms with van der Waals surface area (Å²) < 4.78 is 5.65. The van der Waals surface area contributed by atoms with Gasteiger partial charge in [-0.25, -0.2) is 0 Å². The number of hydrogen-bond acceptors (Lipinski definition) is 5. The molecule has 110 valence electrons. The van der Waals surface area contributed by atoms with Crippen molar-refractivity contribution in [1.29, 1.82) is 0 Å². The molecular weight excluding hydrogens is 256 g/mol. The maximum Gasteiger partial charge on any atom is 0.272 e. The van der Waals surface area contributed by atoms with Crippen molar-refractivity contribution in [3.8, 4) is 0 Å². The van der Waals surface area contributed by atoms with Gasteiger partial charge in [-0.15, -0.1) is 10.2 Å². The Bertz CT molecular complexity index is 473. The maximum absolute atomic E-state index is 12.1. The Morgan fingerprint density at radius 1 is 1.45 bits per heavy atom. The standard InChI is InChI=1S/C14H22N4O2/c1-5-20-11-8-10(14(11,2)3)16-13(19)9-6-7-12(15-4)18-17-9/h6-7,10-11H,5,8H2,1-4H3,(H,15,18)(H,16,19). The zero-order valence-corrected chi connectivity index (χ0v) is 12.4. The van der Waals surface area contributed by atoms with Gasteiger partial charge in [-0.1, -0.05) is 13.8 Å². The average Bonchev–Trinajstić information content (AvgIpc) is 2.46. The van der Waals surface area contributed by atoms with Crippen LogP contribution in [0.4, 0.5) is 5.82 Å². The van der Waals surface area contributed by atoms with Gasteiger partial charge in [-0.3, -0.25) is 4.79 Å². The molecule has 20 heavy (non-hydrogen) atoms. The molecule has 0 spiro atoms. The number of aromatic nitrogens is 2. The largest absolute Gasteiger partial charge is 0.378 e. The van der Waals surface area contributed by atoms with Gasteiger partial charge in [-0.05, 0) is 25.5 Å². The molecule has 2 rings (SSSR count). The van der Waals surface area contributed by atoms with Crippen molar-refractivity contribution >= 4 is 11.7 Å². The molecule has 1 aliphatic rings. The number of carbonyl (C=O) groups is 1. The first-order valence-electron chi connectivity index (χ1n) is 6.93. The maximum atomic E-state index is 12.1. The lowest BCUT2D eigenvalue weighted by Gasteiger charge is -2.51. The molecule has 1 aromatic heterocycles. The Hall–Kier alpha value is -1.69. The minimum absolute atomic E-state index is 0.0516. The fourth-order valence-electron chi connectivity index (χ4n) is 2.43. The van der Waals surface area contributed by atoms with E-state index in [-0.39, 0.29) is 23.5 Å². The predicted molar refractivity (Wildman–Crippen MR) is 76.6 cm³/mol. The molecule has 2 atom stereocenters. The van der Waals surface area contributed by atoms with Crippen molar-refractivity contribution in [3.63, 3.8) is 0 Å². The van der Waals surface area contributed by atoms with E-state index in [0.29, 0.717) is 18.1 Å². The van der Waals surface area contributed by atoms with Crippen LogP contribution in [0.15, 0.2) is 12.1 Å². The third kappa shape index (κ3) is 2.75. The first-order chi connectivity index (χ1) is 9.48. The van der Waals surface area contributed by atoms with Gasteiger partial charge in [0.2, 0.25) is 0 Å². The molecule has 1 saturated carbocycles. The van der Waals surface area contributed by atoms with Crippen LogP contribution in [0.25, 0.3) is 0 Å². The minimum Gasteiger partial charge on any atom is -0.378 e. The SMILES string of the molecule is CCOC1CC(NC(=O)c2ccc(NC)nn2)C1(C)C. The summed E-state index contributed by atoms with van der Waals surface area (Å²) in [6.45, 7) is 6.90. The second-order valence-corrected chi connectivity index (χ2v) is 5.58. The van der Waals surface area contributed by atoms with Gasteiger partial charge in [0.1, 0.15) is 5.82 Å². The first-order valence-corrected chi connectivity index (χ1v) is 6.93. The van der Waals surface area contributed by atoms with Crippen molar-refractivity contribution in [2.75, 3.05) is 19.0 Å². The molecule has 2 N–H and O–H groups in total. The van der Waals surface area contributed by atoms with E-state index >= 15 is 0 Å². The highest BCUT2D eigenvalue weighted by atomic mass is 16.5. The molecular formula is C14H22N4O2. The summed E-state index contributed by atoms with van der Waals surface area (Å²) in [6, 6.07) is 3.51. The first kappa shape index (κ1) is 14.7. The molecule has 1 fully saturated rings. The molecule has 0 bridgehead atoms. The van der Waals surface area contributed by atoms with E-state index in [0.717, 1.165) is 6.42 Å². The molecule has 1 aliphatic carbocycles. The molecule has 0 radical (unpaired) electrons. The molecule has 1 aromatic rings. The van der Waals surface area contributed by atoms with E-state index in [1.54, 1.807) is 19.2 Å². The van der Waals surface area contributed by atoms with E-state index in [4.69, 9.17) is 4.74 Å². The van der Waals surface area contributed by atoms with Crippen LogP contribution in [0.5, 0.6) is 0 Å². The second kappa shape index (κ2) is 5.75. The number of hydrogen-bond donors (Lipinski definition) is 2. The van der Waals surface area contributed by atoms with E-state index < -0.39 is 0 Å². The number of nitrogens with one attached hydrogen (secondary N) is 2. The van der Waals surface area contributed by atoms with Crippen LogP contribution >= 0.6 is 0 Å². The van der Waals surface area contributed by atoms with Crippen molar-refractivity contribution in [2.24, 2.45) is 5.41 Å². The molecule has 2 unspecified atom stereocenters. The second-order valence-electron chi connectivity index (χ2n) is 5.58. The van der Waals surface area contributed by atoms with Crippen molar-refractivity contribution in [3.05, 3.63) is 17.8 Å². The van der Waals surface area contributed by atoms with Crippen molar-refractivity contribution in [2.45, 2.75) is 39.3 Å². The third-order valence-electron chi connectivity index (χ3n) is 4.00. The lowest BCUT2D eigenvalue weighted by atomic mass is 9.64. The molecule has 1 heterocycles. The fourth-order valence-corrected chi connectivity index (χ4v) is 2.43. The number of ether oxygens (including phenoxy) is 1. The molecule has 1 amide bonds. The normalized spacial score (nSPS) is 23.8. The summed E-state index contributed by atoms with van der Waals surface area (Å²) in [5, 5.41) is 13.7. The zero-order valence-electron chi connectivity index (χ0n) is 12.4. The molecule has 0 saturated heterocycles. The van der Waals surface area contributed by atoms with Crippen LogP contribution in [0, 0.1) is 5.41 Å². The van der Waals surface area contributed by atoms with Crippen LogP contribution < -0.4 is 10.6 Å². The highest BCUT2D eigenvalue weighted by Gasteiger charge is 2.49. The van der Waals surface area contributed by atoms with Gasteiger partial charge in [0.15, 0.2) is 5.69 Å². The quantitative estimate of drug-likeness (QED) is 0.852. The number of amides is 1. The topological polar surface area (TPSA) is 76.1 Å². The Morgan fingerprint density at radius 3 is 2.70 bits per heavy atom. The Kier molecular flexibility index (Phi) is 4.23. The predicted octanol–water partition coefficient (Wildman–Crippen LogP) is 1.45. The van der Waals surface area contributed by atoms with E-state index in [1.165, 1.54) is 0 Å². The fraction of sp³-hybridized carbons (Fsp3) is 0.643. The van der Waals surface area contributed by atoms with Crippen LogP contribution in [-0.2, 0) is 4.74 Å². The Balaban J connectivity index is 1.95. The summed E-state index contributed by atoms with van der Waals surface area (Å²) in [5.74, 6) is 0.454. The lowest BCUT2D eigenvalue weighted by Crippen LogP contribution is -2.62. The number of carbonyl (C=O) groups excluding carboxylic acids is 1. The molecule has 0 aliphatic heterocycles. The van der Waals surface area contributed by atoms with Gasteiger partial charge < -0.3 is 15.4 Å². The van der Waals surface area contributed by atoms with Gasteiger partial charge in [0.05, 0.1) is 6.10 Å². The molecule has 0 aromatic carbocycles. The lowest BCUT2D eigenvalue weighted by molar-refractivity contribution is -0.111. The molecule has 6 heteroatoms. The average molecular weight is 278 g/mol. The Morgan fingerprint density at radius 2 is 2.20 bits per heavy atom. The Labute approximate surface area is 119 Å². The van der Waals surface area contributed by atoms with E-state index in [9.17, 15) is 4.79 Å². The number of anilines is 1. The molecule has 6 nitrogen and oxygen atoms in total. The van der Waals surface area contributed by atoms with Crippen LogP contribution in [0.2, 0.25) is 0 Å². The number of nitrogens with zero attached hydrogens (tertiary/aromatic N) is 2. The van der Waals surface area contributed by atoms with E-state index in [1.807, 2.05) is 6.92 Å². The highest BCUT2D eigenvalue weighted by Crippen LogP contribution is 2.42. The van der Waals surface area contributed by atoms with Gasteiger partial charge in [-0.2, -0.15) is 0 Å². The van der Waals surface area contributed by atoms with Gasteiger partial charge in [0, 0.05) is 25.1 Å². The summed E-state index contributed by atoms with van der Waals surface area (Å²) in [7, 11) is 1.76. The zero-order chi connectivity index (χ0) is 14.8. The van der Waals surface area contributed by atoms with E-state index in [2.05, 4.69) is 34.7 Å². The van der Waals surface area contributed by atoms with Gasteiger partial charge in [0.25, 0.3) is 5.91 Å². The number of rotatable bonds is 5. The minimum atomic E-state index is -0.187. The van der Waals surface area contributed by atoms with Crippen LogP contribution in [0.1, 0.15) is 37.7 Å². The summed E-state index contributed by atoms with van der Waals surface area (Å²) in [4.78, 5) is 12.1.